The number of likely N-dealkylation sites (tertiary alicyclic amines) is 1. The number of hydrogen-bond donors (Lipinski definition) is 2. The lowest BCUT2D eigenvalue weighted by Gasteiger charge is -2.13. The molecule has 8 heteroatoms. The zero-order chi connectivity index (χ0) is 24.2. The van der Waals surface area contributed by atoms with E-state index in [1.165, 1.54) is 62.4 Å². The molecule has 0 radical (unpaired) electrons. The van der Waals surface area contributed by atoms with Crippen LogP contribution in [0, 0.1) is 5.82 Å². The fraction of sp³-hybridized carbons (Fsp3) is 0.222. The van der Waals surface area contributed by atoms with Crippen molar-refractivity contribution in [2.75, 3.05) is 20.1 Å². The van der Waals surface area contributed by atoms with Gasteiger partial charge in [-0.25, -0.2) is 4.39 Å². The number of fused-ring (bicyclic) bond motifs is 1. The standard InChI is InChI=1S/C27H26FN5OS/c1-29-27(34)23-14-19(28)5-11-26(23)35-21-8-9-22-24(31-32-25(22)15-21)10-7-20-6-4-18(16-30-20)17-33-12-2-3-13-33/h4-11,14-16H,2-3,12-13,17H2,1H3,(H,29,34)(H,31,32)/b10-7+. The molecule has 1 aliphatic heterocycles. The summed E-state index contributed by atoms with van der Waals surface area (Å²) < 4.78 is 13.7. The van der Waals surface area contributed by atoms with Crippen LogP contribution in [0.5, 0.6) is 0 Å². The highest BCUT2D eigenvalue weighted by atomic mass is 32.2. The second kappa shape index (κ2) is 10.4. The zero-order valence-electron chi connectivity index (χ0n) is 19.4. The fourth-order valence-electron chi connectivity index (χ4n) is 4.23. The zero-order valence-corrected chi connectivity index (χ0v) is 20.2. The number of rotatable bonds is 7. The predicted molar refractivity (Wildman–Crippen MR) is 138 cm³/mol. The number of halogens is 1. The first-order chi connectivity index (χ1) is 17.1. The Kier molecular flexibility index (Phi) is 6.92. The Hall–Kier alpha value is -3.49. The molecule has 1 saturated heterocycles. The first-order valence-corrected chi connectivity index (χ1v) is 12.4. The van der Waals surface area contributed by atoms with E-state index in [1.807, 2.05) is 42.6 Å². The summed E-state index contributed by atoms with van der Waals surface area (Å²) in [5.74, 6) is -0.760. The number of aromatic nitrogens is 3. The van der Waals surface area contributed by atoms with E-state index in [0.717, 1.165) is 33.7 Å². The summed E-state index contributed by atoms with van der Waals surface area (Å²) in [6.45, 7) is 3.31. The Labute approximate surface area is 207 Å². The third kappa shape index (κ3) is 5.44. The summed E-state index contributed by atoms with van der Waals surface area (Å²) >= 11 is 1.41. The van der Waals surface area contributed by atoms with Gasteiger partial charge in [0.2, 0.25) is 0 Å². The minimum Gasteiger partial charge on any atom is -0.355 e. The first kappa shape index (κ1) is 23.3. The van der Waals surface area contributed by atoms with Crippen molar-refractivity contribution in [1.29, 1.82) is 0 Å². The smallest absolute Gasteiger partial charge is 0.252 e. The van der Waals surface area contributed by atoms with Crippen LogP contribution < -0.4 is 5.32 Å². The van der Waals surface area contributed by atoms with Gasteiger partial charge in [0.05, 0.1) is 22.5 Å². The summed E-state index contributed by atoms with van der Waals surface area (Å²) in [4.78, 5) is 20.8. The number of nitrogens with one attached hydrogen (secondary N) is 2. The van der Waals surface area contributed by atoms with Crippen LogP contribution in [0.3, 0.4) is 0 Å². The Morgan fingerprint density at radius 2 is 2.00 bits per heavy atom. The molecule has 2 N–H and O–H groups in total. The van der Waals surface area contributed by atoms with Gasteiger partial charge in [0, 0.05) is 35.0 Å². The number of carbonyl (C=O) groups is 1. The number of benzene rings is 2. The van der Waals surface area contributed by atoms with Crippen LogP contribution >= 0.6 is 11.8 Å². The number of pyridine rings is 1. The van der Waals surface area contributed by atoms with E-state index in [-0.39, 0.29) is 5.91 Å². The maximum Gasteiger partial charge on any atom is 0.252 e. The molecule has 0 spiro atoms. The Bertz CT molecular complexity index is 1380. The molecule has 0 unspecified atom stereocenters. The van der Waals surface area contributed by atoms with E-state index in [4.69, 9.17) is 0 Å². The van der Waals surface area contributed by atoms with Crippen LogP contribution in [0.15, 0.2) is 64.5 Å². The molecule has 0 aliphatic carbocycles. The van der Waals surface area contributed by atoms with Crippen LogP contribution in [0.1, 0.15) is 40.2 Å². The van der Waals surface area contributed by atoms with E-state index >= 15 is 0 Å². The van der Waals surface area contributed by atoms with Gasteiger partial charge in [-0.05, 0) is 86.1 Å². The lowest BCUT2D eigenvalue weighted by Crippen LogP contribution is -2.18. The molecule has 3 heterocycles. The lowest BCUT2D eigenvalue weighted by atomic mass is 10.2. The maximum absolute atomic E-state index is 13.7. The Morgan fingerprint density at radius 3 is 2.77 bits per heavy atom. The number of hydrogen-bond acceptors (Lipinski definition) is 5. The third-order valence-electron chi connectivity index (χ3n) is 6.07. The van der Waals surface area contributed by atoms with E-state index in [0.29, 0.717) is 10.5 Å². The van der Waals surface area contributed by atoms with Crippen LogP contribution in [0.4, 0.5) is 4.39 Å². The molecule has 178 valence electrons. The lowest BCUT2D eigenvalue weighted by molar-refractivity contribution is 0.0959. The van der Waals surface area contributed by atoms with Crippen molar-refractivity contribution in [2.45, 2.75) is 29.2 Å². The topological polar surface area (TPSA) is 73.9 Å². The van der Waals surface area contributed by atoms with Crippen molar-refractivity contribution >= 4 is 40.7 Å². The molecule has 1 amide bonds. The van der Waals surface area contributed by atoms with Crippen LogP contribution in [0.2, 0.25) is 0 Å². The Morgan fingerprint density at radius 1 is 1.14 bits per heavy atom. The number of aromatic amines is 1. The summed E-state index contributed by atoms with van der Waals surface area (Å²) in [6, 6.07) is 14.4. The predicted octanol–water partition coefficient (Wildman–Crippen LogP) is 5.37. The average molecular weight is 488 g/mol. The molecular formula is C27H26FN5OS. The van der Waals surface area contributed by atoms with E-state index < -0.39 is 5.82 Å². The van der Waals surface area contributed by atoms with Gasteiger partial charge < -0.3 is 5.32 Å². The third-order valence-corrected chi connectivity index (χ3v) is 7.13. The number of carbonyl (C=O) groups excluding carboxylic acids is 1. The molecule has 1 aliphatic rings. The average Bonchev–Trinajstić information content (AvgIpc) is 3.54. The minimum absolute atomic E-state index is 0.310. The maximum atomic E-state index is 13.7. The highest BCUT2D eigenvalue weighted by Gasteiger charge is 2.14. The number of H-pyrrole nitrogens is 1. The van der Waals surface area contributed by atoms with Gasteiger partial charge in [-0.1, -0.05) is 17.8 Å². The van der Waals surface area contributed by atoms with Crippen LogP contribution in [-0.2, 0) is 6.54 Å². The van der Waals surface area contributed by atoms with Crippen molar-refractivity contribution in [2.24, 2.45) is 0 Å². The number of amides is 1. The molecule has 2 aromatic carbocycles. The largest absolute Gasteiger partial charge is 0.355 e. The minimum atomic E-state index is -0.441. The van der Waals surface area contributed by atoms with Gasteiger partial charge in [-0.2, -0.15) is 5.10 Å². The molecule has 2 aromatic heterocycles. The normalized spacial score (nSPS) is 14.2. The summed E-state index contributed by atoms with van der Waals surface area (Å²) in [6.07, 6.45) is 8.45. The molecular weight excluding hydrogens is 461 g/mol. The van der Waals surface area contributed by atoms with Gasteiger partial charge >= 0.3 is 0 Å². The quantitative estimate of drug-likeness (QED) is 0.366. The van der Waals surface area contributed by atoms with Crippen LogP contribution in [0.25, 0.3) is 23.1 Å². The SMILES string of the molecule is CNC(=O)c1cc(F)ccc1Sc1ccc2c(/C=C/c3ccc(CN4CCCC4)cn3)n[nH]c2c1. The van der Waals surface area contributed by atoms with Gasteiger partial charge in [-0.15, -0.1) is 0 Å². The molecule has 6 nitrogen and oxygen atoms in total. The highest BCUT2D eigenvalue weighted by molar-refractivity contribution is 7.99. The van der Waals surface area contributed by atoms with Gasteiger partial charge in [0.1, 0.15) is 5.82 Å². The fourth-order valence-corrected chi connectivity index (χ4v) is 5.20. The molecule has 0 atom stereocenters. The molecule has 35 heavy (non-hydrogen) atoms. The van der Waals surface area contributed by atoms with Crippen molar-refractivity contribution < 1.29 is 9.18 Å². The Balaban J connectivity index is 1.30. The van der Waals surface area contributed by atoms with E-state index in [1.54, 1.807) is 6.07 Å². The van der Waals surface area contributed by atoms with Crippen molar-refractivity contribution in [3.63, 3.8) is 0 Å². The highest BCUT2D eigenvalue weighted by Crippen LogP contribution is 2.33. The summed E-state index contributed by atoms with van der Waals surface area (Å²) in [7, 11) is 1.53. The van der Waals surface area contributed by atoms with Crippen LogP contribution in [-0.4, -0.2) is 46.1 Å². The second-order valence-electron chi connectivity index (χ2n) is 8.55. The first-order valence-electron chi connectivity index (χ1n) is 11.6. The van der Waals surface area contributed by atoms with Gasteiger partial charge in [-0.3, -0.25) is 19.8 Å². The van der Waals surface area contributed by atoms with Crippen molar-refractivity contribution in [1.82, 2.24) is 25.4 Å². The number of nitrogens with zero attached hydrogens (tertiary/aromatic N) is 3. The summed E-state index contributed by atoms with van der Waals surface area (Å²) in [5, 5.41) is 11.1. The van der Waals surface area contributed by atoms with Crippen molar-refractivity contribution in [3.05, 3.63) is 83.1 Å². The van der Waals surface area contributed by atoms with E-state index in [2.05, 4.69) is 31.5 Å². The van der Waals surface area contributed by atoms with Crippen molar-refractivity contribution in [3.8, 4) is 0 Å². The molecule has 0 saturated carbocycles. The summed E-state index contributed by atoms with van der Waals surface area (Å²) in [5.41, 5.74) is 4.14. The molecule has 5 rings (SSSR count). The molecule has 0 bridgehead atoms. The molecule has 4 aromatic rings. The van der Waals surface area contributed by atoms with E-state index in [9.17, 15) is 9.18 Å². The monoisotopic (exact) mass is 487 g/mol. The molecule has 1 fully saturated rings. The van der Waals surface area contributed by atoms with Gasteiger partial charge in [0.15, 0.2) is 0 Å². The van der Waals surface area contributed by atoms with Gasteiger partial charge in [0.25, 0.3) is 5.91 Å². The second-order valence-corrected chi connectivity index (χ2v) is 9.66.